The Labute approximate surface area is 357 Å². The summed E-state index contributed by atoms with van der Waals surface area (Å²) in [5.74, 6) is 0.692. The molecular weight excluding hydrogens is 739 g/mol. The van der Waals surface area contributed by atoms with Crippen LogP contribution >= 0.6 is 0 Å². The summed E-state index contributed by atoms with van der Waals surface area (Å²) in [7, 11) is 0. The van der Waals surface area contributed by atoms with Crippen LogP contribution in [0.5, 0.6) is 0 Å². The van der Waals surface area contributed by atoms with Gasteiger partial charge in [-0.25, -0.2) is 9.97 Å². The molecule has 0 bridgehead atoms. The van der Waals surface area contributed by atoms with Gasteiger partial charge in [-0.05, 0) is 87.0 Å². The first kappa shape index (κ1) is 37.2. The van der Waals surface area contributed by atoms with E-state index in [1.165, 1.54) is 33.4 Å². The fourth-order valence-corrected chi connectivity index (χ4v) is 7.87. The SMILES string of the molecule is c1ccc(-c2ccc(-c3cc(-c4ccccc4)nc(-c4ccc(-c5ccc(N(c6ccc(-c7ccccc7)cc6)c6ccc(-c7ccccc7)cc6)cc5)cc4)n3)cc2)cc1. The van der Waals surface area contributed by atoms with Crippen LogP contribution in [0.1, 0.15) is 0 Å². The molecule has 0 spiro atoms. The molecule has 0 aliphatic rings. The lowest BCUT2D eigenvalue weighted by atomic mass is 10.0. The van der Waals surface area contributed by atoms with Gasteiger partial charge in [0.05, 0.1) is 11.4 Å². The number of nitrogens with zero attached hydrogens (tertiary/aromatic N) is 3. The molecular formula is C58H41N3. The van der Waals surface area contributed by atoms with E-state index in [0.717, 1.165) is 56.3 Å². The van der Waals surface area contributed by atoms with Crippen LogP contribution in [0.2, 0.25) is 0 Å². The van der Waals surface area contributed by atoms with Gasteiger partial charge in [-0.3, -0.25) is 0 Å². The number of anilines is 3. The van der Waals surface area contributed by atoms with E-state index in [2.05, 4.69) is 229 Å². The molecule has 0 aliphatic heterocycles. The van der Waals surface area contributed by atoms with Crippen molar-refractivity contribution < 1.29 is 0 Å². The second-order valence-corrected chi connectivity index (χ2v) is 15.1. The van der Waals surface area contributed by atoms with Gasteiger partial charge in [0, 0.05) is 33.8 Å². The average Bonchev–Trinajstić information content (AvgIpc) is 3.36. The zero-order valence-corrected chi connectivity index (χ0v) is 33.5. The Morgan fingerprint density at radius 3 is 0.770 bits per heavy atom. The van der Waals surface area contributed by atoms with Crippen molar-refractivity contribution in [2.24, 2.45) is 0 Å². The predicted octanol–water partition coefficient (Wildman–Crippen LogP) is 15.6. The van der Waals surface area contributed by atoms with Crippen LogP contribution < -0.4 is 4.90 Å². The van der Waals surface area contributed by atoms with E-state index in [0.29, 0.717) is 5.82 Å². The first-order valence-corrected chi connectivity index (χ1v) is 20.6. The van der Waals surface area contributed by atoms with Crippen LogP contribution in [0.3, 0.4) is 0 Å². The van der Waals surface area contributed by atoms with Crippen molar-refractivity contribution in [2.75, 3.05) is 4.90 Å². The van der Waals surface area contributed by atoms with Crippen LogP contribution in [0, 0.1) is 0 Å². The summed E-state index contributed by atoms with van der Waals surface area (Å²) < 4.78 is 0. The van der Waals surface area contributed by atoms with Crippen LogP contribution in [0.4, 0.5) is 17.1 Å². The first-order valence-electron chi connectivity index (χ1n) is 20.6. The Morgan fingerprint density at radius 2 is 0.443 bits per heavy atom. The highest BCUT2D eigenvalue weighted by Crippen LogP contribution is 2.38. The van der Waals surface area contributed by atoms with Crippen molar-refractivity contribution in [3.63, 3.8) is 0 Å². The second-order valence-electron chi connectivity index (χ2n) is 15.1. The van der Waals surface area contributed by atoms with Crippen molar-refractivity contribution in [3.8, 4) is 78.4 Å². The Bertz CT molecular complexity index is 2900. The topological polar surface area (TPSA) is 29.0 Å². The van der Waals surface area contributed by atoms with Gasteiger partial charge >= 0.3 is 0 Å². The lowest BCUT2D eigenvalue weighted by molar-refractivity contribution is 1.18. The molecule has 288 valence electrons. The number of hydrogen-bond donors (Lipinski definition) is 0. The molecule has 61 heavy (non-hydrogen) atoms. The van der Waals surface area contributed by atoms with Gasteiger partial charge in [0.15, 0.2) is 5.82 Å². The van der Waals surface area contributed by atoms with Crippen molar-refractivity contribution in [1.82, 2.24) is 9.97 Å². The molecule has 0 saturated carbocycles. The lowest BCUT2D eigenvalue weighted by Gasteiger charge is -2.26. The highest BCUT2D eigenvalue weighted by molar-refractivity contribution is 5.82. The summed E-state index contributed by atoms with van der Waals surface area (Å²) in [6, 6.07) is 87.6. The Morgan fingerprint density at radius 1 is 0.213 bits per heavy atom. The molecule has 10 rings (SSSR count). The molecule has 0 N–H and O–H groups in total. The van der Waals surface area contributed by atoms with Gasteiger partial charge in [0.25, 0.3) is 0 Å². The molecule has 9 aromatic carbocycles. The smallest absolute Gasteiger partial charge is 0.160 e. The van der Waals surface area contributed by atoms with Crippen molar-refractivity contribution in [2.45, 2.75) is 0 Å². The minimum atomic E-state index is 0.692. The Kier molecular flexibility index (Phi) is 10.3. The number of aromatic nitrogens is 2. The summed E-state index contributed by atoms with van der Waals surface area (Å²) in [5, 5.41) is 0. The minimum Gasteiger partial charge on any atom is -0.311 e. The van der Waals surface area contributed by atoms with E-state index in [1.807, 2.05) is 24.3 Å². The van der Waals surface area contributed by atoms with Crippen molar-refractivity contribution in [3.05, 3.63) is 249 Å². The second kappa shape index (κ2) is 17.0. The third-order valence-electron chi connectivity index (χ3n) is 11.2. The fourth-order valence-electron chi connectivity index (χ4n) is 7.87. The maximum absolute atomic E-state index is 5.12. The van der Waals surface area contributed by atoms with Gasteiger partial charge in [0.2, 0.25) is 0 Å². The maximum atomic E-state index is 5.12. The van der Waals surface area contributed by atoms with E-state index in [4.69, 9.17) is 9.97 Å². The summed E-state index contributed by atoms with van der Waals surface area (Å²) in [6.45, 7) is 0. The quantitative estimate of drug-likeness (QED) is 0.138. The third-order valence-corrected chi connectivity index (χ3v) is 11.2. The molecule has 0 aliphatic carbocycles. The molecule has 3 nitrogen and oxygen atoms in total. The summed E-state index contributed by atoms with van der Waals surface area (Å²) in [6.07, 6.45) is 0. The molecule has 0 atom stereocenters. The molecule has 0 saturated heterocycles. The molecule has 0 fully saturated rings. The predicted molar refractivity (Wildman–Crippen MR) is 255 cm³/mol. The largest absolute Gasteiger partial charge is 0.311 e. The Balaban J connectivity index is 0.952. The normalized spacial score (nSPS) is 11.0. The zero-order chi connectivity index (χ0) is 40.8. The van der Waals surface area contributed by atoms with E-state index in [1.54, 1.807) is 0 Å². The summed E-state index contributed by atoms with van der Waals surface area (Å²) in [4.78, 5) is 12.5. The molecule has 0 unspecified atom stereocenters. The molecule has 1 heterocycles. The van der Waals surface area contributed by atoms with Crippen LogP contribution in [0.15, 0.2) is 249 Å². The van der Waals surface area contributed by atoms with Crippen molar-refractivity contribution in [1.29, 1.82) is 0 Å². The van der Waals surface area contributed by atoms with E-state index in [9.17, 15) is 0 Å². The molecule has 10 aromatic rings. The molecule has 0 radical (unpaired) electrons. The summed E-state index contributed by atoms with van der Waals surface area (Å²) in [5.41, 5.74) is 17.5. The average molecular weight is 780 g/mol. The number of benzene rings is 9. The number of rotatable bonds is 10. The monoisotopic (exact) mass is 779 g/mol. The zero-order valence-electron chi connectivity index (χ0n) is 33.5. The van der Waals surface area contributed by atoms with Crippen LogP contribution in [-0.4, -0.2) is 9.97 Å². The Hall–Kier alpha value is -8.14. The van der Waals surface area contributed by atoms with Gasteiger partial charge in [-0.2, -0.15) is 0 Å². The molecule has 3 heteroatoms. The van der Waals surface area contributed by atoms with E-state index in [-0.39, 0.29) is 0 Å². The van der Waals surface area contributed by atoms with Gasteiger partial charge in [-0.15, -0.1) is 0 Å². The van der Waals surface area contributed by atoms with Gasteiger partial charge in [0.1, 0.15) is 0 Å². The first-order chi connectivity index (χ1) is 30.2. The fraction of sp³-hybridized carbons (Fsp3) is 0. The standard InChI is InChI=1S/C58H41N3/c1-5-13-42(14-6-1)45-21-25-51(26-22-45)57-41-56(50-19-11-4-12-20-50)59-58(60-57)52-27-23-46(24-28-52)49-33-39-55(40-34-49)61(53-35-29-47(30-36-53)43-15-7-2-8-16-43)54-37-31-48(32-38-54)44-17-9-3-10-18-44/h1-41H. The van der Waals surface area contributed by atoms with E-state index < -0.39 is 0 Å². The third kappa shape index (κ3) is 8.14. The highest BCUT2D eigenvalue weighted by Gasteiger charge is 2.15. The van der Waals surface area contributed by atoms with Crippen LogP contribution in [0.25, 0.3) is 78.4 Å². The van der Waals surface area contributed by atoms with Gasteiger partial charge < -0.3 is 4.90 Å². The minimum absolute atomic E-state index is 0.692. The molecule has 0 amide bonds. The van der Waals surface area contributed by atoms with Crippen molar-refractivity contribution >= 4 is 17.1 Å². The van der Waals surface area contributed by atoms with Gasteiger partial charge in [-0.1, -0.05) is 206 Å². The number of hydrogen-bond acceptors (Lipinski definition) is 3. The maximum Gasteiger partial charge on any atom is 0.160 e. The highest BCUT2D eigenvalue weighted by atomic mass is 15.1. The summed E-state index contributed by atoms with van der Waals surface area (Å²) >= 11 is 0. The molecule has 1 aromatic heterocycles. The lowest BCUT2D eigenvalue weighted by Crippen LogP contribution is -2.09. The van der Waals surface area contributed by atoms with Crippen LogP contribution in [-0.2, 0) is 0 Å². The van der Waals surface area contributed by atoms with E-state index >= 15 is 0 Å².